The molecule has 23 heavy (non-hydrogen) atoms. The number of carboxylic acid groups (broad SMARTS) is 1. The number of aliphatic carboxylic acids is 1. The molecule has 0 spiro atoms. The van der Waals surface area contributed by atoms with Crippen molar-refractivity contribution >= 4 is 11.5 Å². The molecule has 0 aliphatic rings. The van der Waals surface area contributed by atoms with Crippen LogP contribution in [0.2, 0.25) is 0 Å². The zero-order valence-corrected chi connectivity index (χ0v) is 13.1. The van der Waals surface area contributed by atoms with E-state index in [1.165, 1.54) is 0 Å². The molecule has 0 bridgehead atoms. The molecule has 0 amide bonds. The summed E-state index contributed by atoms with van der Waals surface area (Å²) in [7, 11) is 0. The lowest BCUT2D eigenvalue weighted by atomic mass is 9.97. The Bertz CT molecular complexity index is 669. The van der Waals surface area contributed by atoms with Gasteiger partial charge in [0.2, 0.25) is 0 Å². The fourth-order valence-corrected chi connectivity index (χ4v) is 2.12. The van der Waals surface area contributed by atoms with Gasteiger partial charge in [-0.05, 0) is 23.6 Å². The van der Waals surface area contributed by atoms with Crippen molar-refractivity contribution in [3.63, 3.8) is 0 Å². The van der Waals surface area contributed by atoms with E-state index in [1.807, 2.05) is 54.6 Å². The summed E-state index contributed by atoms with van der Waals surface area (Å²) in [6.07, 6.45) is 9.26. The number of carbonyl (C=O) groups is 1. The lowest BCUT2D eigenvalue weighted by Gasteiger charge is -2.07. The standard InChI is InChI=1S/C21H20O2/c1-17(21(22)23)11-5-2-10-16-20(18-12-6-3-7-13-18)19-14-8-4-9-15-19/h2-17H,1H3,(H,22,23). The zero-order chi connectivity index (χ0) is 16.5. The molecule has 0 radical (unpaired) electrons. The maximum atomic E-state index is 10.8. The summed E-state index contributed by atoms with van der Waals surface area (Å²) in [5.74, 6) is -1.30. The monoisotopic (exact) mass is 304 g/mol. The molecule has 0 aromatic heterocycles. The molecule has 2 rings (SSSR count). The van der Waals surface area contributed by atoms with Crippen molar-refractivity contribution < 1.29 is 9.90 Å². The van der Waals surface area contributed by atoms with Gasteiger partial charge in [-0.15, -0.1) is 0 Å². The van der Waals surface area contributed by atoms with Crippen LogP contribution < -0.4 is 0 Å². The van der Waals surface area contributed by atoms with Crippen molar-refractivity contribution in [2.45, 2.75) is 6.92 Å². The quantitative estimate of drug-likeness (QED) is 0.767. The van der Waals surface area contributed by atoms with Crippen LogP contribution in [0.5, 0.6) is 0 Å². The van der Waals surface area contributed by atoms with Crippen LogP contribution in [-0.4, -0.2) is 11.1 Å². The number of carboxylic acids is 1. The van der Waals surface area contributed by atoms with E-state index in [9.17, 15) is 4.79 Å². The Balaban J connectivity index is 2.23. The van der Waals surface area contributed by atoms with Gasteiger partial charge in [0, 0.05) is 0 Å². The topological polar surface area (TPSA) is 37.3 Å². The third kappa shape index (κ3) is 5.11. The van der Waals surface area contributed by atoms with E-state index in [1.54, 1.807) is 19.1 Å². The molecular weight excluding hydrogens is 284 g/mol. The van der Waals surface area contributed by atoms with Gasteiger partial charge < -0.3 is 5.11 Å². The average molecular weight is 304 g/mol. The Labute approximate surface area is 137 Å². The zero-order valence-electron chi connectivity index (χ0n) is 13.1. The van der Waals surface area contributed by atoms with Crippen LogP contribution in [-0.2, 0) is 4.79 Å². The molecule has 1 N–H and O–H groups in total. The van der Waals surface area contributed by atoms with E-state index in [0.717, 1.165) is 16.7 Å². The fourth-order valence-electron chi connectivity index (χ4n) is 2.12. The highest BCUT2D eigenvalue weighted by Crippen LogP contribution is 2.23. The summed E-state index contributed by atoms with van der Waals surface area (Å²) in [6, 6.07) is 20.4. The predicted octanol–water partition coefficient (Wildman–Crippen LogP) is 4.95. The molecule has 0 saturated carbocycles. The van der Waals surface area contributed by atoms with Gasteiger partial charge in [-0.2, -0.15) is 0 Å². The van der Waals surface area contributed by atoms with Gasteiger partial charge in [0.25, 0.3) is 0 Å². The molecule has 1 unspecified atom stereocenters. The largest absolute Gasteiger partial charge is 0.481 e. The first kappa shape index (κ1) is 16.5. The predicted molar refractivity (Wildman–Crippen MR) is 95.0 cm³/mol. The van der Waals surface area contributed by atoms with Gasteiger partial charge in [-0.1, -0.05) is 91.0 Å². The molecule has 2 nitrogen and oxygen atoms in total. The second-order valence-corrected chi connectivity index (χ2v) is 5.21. The smallest absolute Gasteiger partial charge is 0.310 e. The van der Waals surface area contributed by atoms with E-state index in [-0.39, 0.29) is 0 Å². The molecule has 2 aromatic rings. The Kier molecular flexibility index (Phi) is 6.13. The van der Waals surface area contributed by atoms with Crippen molar-refractivity contribution in [1.82, 2.24) is 0 Å². The summed E-state index contributed by atoms with van der Waals surface area (Å²) in [5, 5.41) is 8.84. The van der Waals surface area contributed by atoms with Crippen LogP contribution in [0, 0.1) is 5.92 Å². The highest BCUT2D eigenvalue weighted by Gasteiger charge is 2.04. The van der Waals surface area contributed by atoms with Crippen molar-refractivity contribution in [2.75, 3.05) is 0 Å². The van der Waals surface area contributed by atoms with E-state index in [4.69, 9.17) is 5.11 Å². The third-order valence-corrected chi connectivity index (χ3v) is 3.44. The van der Waals surface area contributed by atoms with Crippen molar-refractivity contribution in [1.29, 1.82) is 0 Å². The molecule has 0 aliphatic heterocycles. The summed E-state index contributed by atoms with van der Waals surface area (Å²) in [6.45, 7) is 1.65. The summed E-state index contributed by atoms with van der Waals surface area (Å²) in [4.78, 5) is 10.8. The van der Waals surface area contributed by atoms with Crippen LogP contribution in [0.1, 0.15) is 18.1 Å². The number of hydrogen-bond acceptors (Lipinski definition) is 1. The number of hydrogen-bond donors (Lipinski definition) is 1. The molecule has 0 saturated heterocycles. The van der Waals surface area contributed by atoms with E-state index in [0.29, 0.717) is 0 Å². The highest BCUT2D eigenvalue weighted by atomic mass is 16.4. The van der Waals surface area contributed by atoms with Gasteiger partial charge >= 0.3 is 5.97 Å². The van der Waals surface area contributed by atoms with Crippen LogP contribution in [0.3, 0.4) is 0 Å². The molecule has 0 heterocycles. The maximum absolute atomic E-state index is 10.8. The third-order valence-electron chi connectivity index (χ3n) is 3.44. The van der Waals surface area contributed by atoms with Gasteiger partial charge in [-0.25, -0.2) is 0 Å². The first-order valence-corrected chi connectivity index (χ1v) is 7.57. The lowest BCUT2D eigenvalue weighted by molar-refractivity contribution is -0.139. The normalized spacial score (nSPS) is 12.4. The van der Waals surface area contributed by atoms with E-state index >= 15 is 0 Å². The highest BCUT2D eigenvalue weighted by molar-refractivity contribution is 5.80. The number of rotatable bonds is 6. The van der Waals surface area contributed by atoms with Gasteiger partial charge in [0.15, 0.2) is 0 Å². The molecular formula is C21H20O2. The number of allylic oxidation sites excluding steroid dienone is 4. The van der Waals surface area contributed by atoms with Crippen molar-refractivity contribution in [3.8, 4) is 0 Å². The average Bonchev–Trinajstić information content (AvgIpc) is 2.59. The Morgan fingerprint density at radius 1 is 0.870 bits per heavy atom. The first-order valence-electron chi connectivity index (χ1n) is 7.57. The van der Waals surface area contributed by atoms with Crippen LogP contribution >= 0.6 is 0 Å². The van der Waals surface area contributed by atoms with Crippen LogP contribution in [0.25, 0.3) is 5.57 Å². The number of benzene rings is 2. The Morgan fingerprint density at radius 2 is 1.39 bits per heavy atom. The van der Waals surface area contributed by atoms with Gasteiger partial charge in [0.05, 0.1) is 5.92 Å². The van der Waals surface area contributed by atoms with E-state index < -0.39 is 11.9 Å². The Hall–Kier alpha value is -2.87. The van der Waals surface area contributed by atoms with Crippen molar-refractivity contribution in [2.24, 2.45) is 5.92 Å². The maximum Gasteiger partial charge on any atom is 0.310 e. The Morgan fingerprint density at radius 3 is 1.87 bits per heavy atom. The molecule has 116 valence electrons. The molecule has 2 aromatic carbocycles. The molecule has 2 heteroatoms. The summed E-state index contributed by atoms with van der Waals surface area (Å²) >= 11 is 0. The SMILES string of the molecule is CC(C=CC=CC=C(c1ccccc1)c1ccccc1)C(=O)O. The fraction of sp³-hybridized carbons (Fsp3) is 0.0952. The molecule has 0 aliphatic carbocycles. The molecule has 0 fully saturated rings. The van der Waals surface area contributed by atoms with Crippen LogP contribution in [0.4, 0.5) is 0 Å². The summed E-state index contributed by atoms with van der Waals surface area (Å²) in [5.41, 5.74) is 3.42. The molecule has 1 atom stereocenters. The second kappa shape index (κ2) is 8.54. The lowest BCUT2D eigenvalue weighted by Crippen LogP contribution is -2.05. The van der Waals surface area contributed by atoms with E-state index in [2.05, 4.69) is 24.3 Å². The van der Waals surface area contributed by atoms with Crippen LogP contribution in [0.15, 0.2) is 91.0 Å². The minimum absolute atomic E-state index is 0.480. The van der Waals surface area contributed by atoms with Gasteiger partial charge in [0.1, 0.15) is 0 Å². The van der Waals surface area contributed by atoms with Crippen molar-refractivity contribution in [3.05, 3.63) is 102 Å². The first-order chi connectivity index (χ1) is 11.2. The summed E-state index contributed by atoms with van der Waals surface area (Å²) < 4.78 is 0. The minimum atomic E-state index is -0.820. The minimum Gasteiger partial charge on any atom is -0.481 e. The second-order valence-electron chi connectivity index (χ2n) is 5.21. The van der Waals surface area contributed by atoms with Gasteiger partial charge in [-0.3, -0.25) is 4.79 Å².